The molecule has 0 aliphatic carbocycles. The second kappa shape index (κ2) is 11.5. The van der Waals surface area contributed by atoms with Gasteiger partial charge in [0.05, 0.1) is 18.3 Å². The van der Waals surface area contributed by atoms with Gasteiger partial charge in [0, 0.05) is 26.1 Å². The quantitative estimate of drug-likeness (QED) is 0.321. The average Bonchev–Trinajstić information content (AvgIpc) is 2.87. The molecule has 0 atom stereocenters. The number of hydrogen-bond acceptors (Lipinski definition) is 8. The molecule has 0 saturated carbocycles. The summed E-state index contributed by atoms with van der Waals surface area (Å²) < 4.78 is 112. The fourth-order valence-corrected chi connectivity index (χ4v) is 3.22. The largest absolute Gasteiger partial charge is 0.473 e. The molecule has 3 rings (SSSR count). The zero-order valence-electron chi connectivity index (χ0n) is 25.2. The van der Waals surface area contributed by atoms with E-state index in [1.54, 1.807) is 4.72 Å². The third-order valence-corrected chi connectivity index (χ3v) is 4.90. The maximum Gasteiger partial charge on any atom is 0.316 e. The smallest absolute Gasteiger partial charge is 0.316 e. The first-order valence-corrected chi connectivity index (χ1v) is 11.8. The first-order chi connectivity index (χ1) is 19.0. The van der Waals surface area contributed by atoms with Gasteiger partial charge in [-0.25, -0.2) is 19.9 Å². The topological polar surface area (TPSA) is 128 Å². The molecule has 10 nitrogen and oxygen atoms in total. The molecule has 170 valence electrons. The van der Waals surface area contributed by atoms with Gasteiger partial charge >= 0.3 is 6.01 Å². The van der Waals surface area contributed by atoms with Gasteiger partial charge < -0.3 is 9.47 Å². The van der Waals surface area contributed by atoms with Gasteiger partial charge in [-0.05, 0) is 40.0 Å². The highest BCUT2D eigenvalue weighted by atomic mass is 79.9. The molecule has 0 radical (unpaired) electrons. The molecule has 2 heterocycles. The molecule has 3 aromatic rings. The summed E-state index contributed by atoms with van der Waals surface area (Å²) in [6, 6.07) is -2.57. The normalized spacial score (nSPS) is 15.7. The van der Waals surface area contributed by atoms with Gasteiger partial charge in [-0.1, -0.05) is 34.9 Å². The van der Waals surface area contributed by atoms with E-state index < -0.39 is 70.0 Å². The number of nitrogens with zero attached hydrogens (tertiary/aromatic N) is 4. The Morgan fingerprint density at radius 2 is 1.72 bits per heavy atom. The summed E-state index contributed by atoms with van der Waals surface area (Å²) >= 11 is 5.97. The number of halogens is 2. The lowest BCUT2D eigenvalue weighted by molar-refractivity contribution is 0.202. The van der Waals surface area contributed by atoms with Gasteiger partial charge in [0.25, 0.3) is 10.2 Å². The molecule has 0 aliphatic rings. The molecule has 32 heavy (non-hydrogen) atoms. The number of anilines is 1. The lowest BCUT2D eigenvalue weighted by atomic mass is 10.1. The van der Waals surface area contributed by atoms with Gasteiger partial charge in [-0.3, -0.25) is 4.72 Å². The monoisotopic (exact) mass is 595 g/mol. The van der Waals surface area contributed by atoms with Crippen molar-refractivity contribution in [3.63, 3.8) is 0 Å². The summed E-state index contributed by atoms with van der Waals surface area (Å²) in [5, 5.41) is 0. The minimum Gasteiger partial charge on any atom is -0.473 e. The third-order valence-electron chi connectivity index (χ3n) is 3.28. The van der Waals surface area contributed by atoms with E-state index in [2.05, 4.69) is 51.8 Å². The molecule has 1 aromatic carbocycles. The van der Waals surface area contributed by atoms with Crippen molar-refractivity contribution in [3.05, 3.63) is 51.8 Å². The van der Waals surface area contributed by atoms with Crippen LogP contribution in [-0.4, -0.2) is 48.1 Å². The van der Waals surface area contributed by atoms with E-state index in [4.69, 9.17) is 21.8 Å². The van der Waals surface area contributed by atoms with E-state index in [1.807, 2.05) is 4.72 Å². The molecule has 0 aliphatic heterocycles. The third kappa shape index (κ3) is 7.08. The number of benzene rings is 1. The average molecular weight is 597 g/mol. The Kier molecular flexibility index (Phi) is 5.29. The standard InChI is InChI=1S/C19H20Br2N6O4S/c1-2-7-26-32(28,29)27-17-16(13-3-5-14(20)6-4-13)18(25-12-24-17)30-8-9-31-19-22-10-15(21)11-23-19/h3-6,10-12,26H,2,7-9H2,1H3,(H,24,25,27)/i3D,4D,5D,6D,7D2,10D,11D,12D. The van der Waals surface area contributed by atoms with Crippen LogP contribution in [0.15, 0.2) is 51.8 Å². The van der Waals surface area contributed by atoms with Crippen LogP contribution in [0.2, 0.25) is 0 Å². The lowest BCUT2D eigenvalue weighted by Crippen LogP contribution is -2.31. The van der Waals surface area contributed by atoms with Gasteiger partial charge in [0.15, 0.2) is 5.82 Å². The second-order valence-electron chi connectivity index (χ2n) is 5.52. The minimum atomic E-state index is -4.71. The Labute approximate surface area is 215 Å². The van der Waals surface area contributed by atoms with Gasteiger partial charge in [0.2, 0.25) is 5.88 Å². The molecule has 0 amide bonds. The van der Waals surface area contributed by atoms with Crippen molar-refractivity contribution in [3.8, 4) is 23.0 Å². The van der Waals surface area contributed by atoms with Crippen LogP contribution >= 0.6 is 31.9 Å². The zero-order chi connectivity index (χ0) is 30.9. The molecule has 0 saturated heterocycles. The van der Waals surface area contributed by atoms with E-state index >= 15 is 0 Å². The van der Waals surface area contributed by atoms with E-state index in [1.165, 1.54) is 6.92 Å². The number of hydrogen-bond donors (Lipinski definition) is 2. The van der Waals surface area contributed by atoms with Crippen molar-refractivity contribution in [1.29, 1.82) is 0 Å². The van der Waals surface area contributed by atoms with Crippen molar-refractivity contribution < 1.29 is 30.2 Å². The summed E-state index contributed by atoms with van der Waals surface area (Å²) in [5.41, 5.74) is -0.932. The van der Waals surface area contributed by atoms with Gasteiger partial charge in [-0.15, -0.1) is 0 Å². The van der Waals surface area contributed by atoms with Gasteiger partial charge in [0.1, 0.15) is 20.9 Å². The molecule has 2 N–H and O–H groups in total. The molecular weight excluding hydrogens is 568 g/mol. The Morgan fingerprint density at radius 3 is 2.41 bits per heavy atom. The molecule has 0 unspecified atom stereocenters. The fraction of sp³-hybridized carbons (Fsp3) is 0.263. The predicted molar refractivity (Wildman–Crippen MR) is 127 cm³/mol. The highest BCUT2D eigenvalue weighted by Gasteiger charge is 2.19. The number of ether oxygens (including phenoxy) is 2. The zero-order valence-corrected chi connectivity index (χ0v) is 20.2. The molecule has 2 aromatic heterocycles. The van der Waals surface area contributed by atoms with Crippen LogP contribution in [0, 0.1) is 0 Å². The lowest BCUT2D eigenvalue weighted by Gasteiger charge is -2.15. The van der Waals surface area contributed by atoms with E-state index in [9.17, 15) is 8.42 Å². The number of aromatic nitrogens is 4. The van der Waals surface area contributed by atoms with Crippen molar-refractivity contribution in [1.82, 2.24) is 24.7 Å². The summed E-state index contributed by atoms with van der Waals surface area (Å²) in [5.74, 6) is -1.20. The highest BCUT2D eigenvalue weighted by Crippen LogP contribution is 2.34. The van der Waals surface area contributed by atoms with Gasteiger partial charge in [-0.2, -0.15) is 13.1 Å². The molecule has 0 fully saturated rings. The van der Waals surface area contributed by atoms with Crippen LogP contribution in [-0.2, 0) is 10.2 Å². The summed E-state index contributed by atoms with van der Waals surface area (Å²) in [6.45, 7) is -1.64. The van der Waals surface area contributed by atoms with Crippen LogP contribution in [0.4, 0.5) is 5.82 Å². The van der Waals surface area contributed by atoms with E-state index in [0.29, 0.717) is 0 Å². The number of rotatable bonds is 11. The first-order valence-electron chi connectivity index (χ1n) is 13.2. The Morgan fingerprint density at radius 1 is 1.03 bits per heavy atom. The molecule has 0 spiro atoms. The van der Waals surface area contributed by atoms with E-state index in [-0.39, 0.29) is 46.9 Å². The van der Waals surface area contributed by atoms with Crippen molar-refractivity contribution in [2.24, 2.45) is 0 Å². The maximum atomic E-state index is 12.8. The Hall–Kier alpha value is -2.35. The Balaban J connectivity index is 2.08. The summed E-state index contributed by atoms with van der Waals surface area (Å²) in [7, 11) is -4.71. The first kappa shape index (κ1) is 14.7. The molecule has 13 heteroatoms. The Bertz CT molecular complexity index is 1550. The number of nitrogens with one attached hydrogen (secondary N) is 2. The van der Waals surface area contributed by atoms with Crippen LogP contribution in [0.5, 0.6) is 11.9 Å². The fourth-order valence-electron chi connectivity index (χ4n) is 2.06. The molecular formula is C19H20Br2N6O4S. The van der Waals surface area contributed by atoms with Crippen LogP contribution in [0.1, 0.15) is 25.7 Å². The minimum absolute atomic E-state index is 0.0561. The SMILES string of the molecule is [2H]c1nc(NS(=O)(=O)NC([2H])([2H])CC)c(-c2c([2H])c([2H])c(Br)c([2H])c2[2H])c(OCCOc2nc([2H])c(Br)c([2H])n2)n1. The predicted octanol–water partition coefficient (Wildman–Crippen LogP) is 3.57. The van der Waals surface area contributed by atoms with Crippen molar-refractivity contribution in [2.75, 3.05) is 24.4 Å². The van der Waals surface area contributed by atoms with E-state index in [0.717, 1.165) is 0 Å². The van der Waals surface area contributed by atoms with Crippen LogP contribution in [0.25, 0.3) is 11.1 Å². The van der Waals surface area contributed by atoms with Crippen LogP contribution in [0.3, 0.4) is 0 Å². The summed E-state index contributed by atoms with van der Waals surface area (Å²) in [4.78, 5) is 15.1. The van der Waals surface area contributed by atoms with Crippen molar-refractivity contribution >= 4 is 47.9 Å². The summed E-state index contributed by atoms with van der Waals surface area (Å²) in [6.07, 6.45) is -1.59. The van der Waals surface area contributed by atoms with Crippen molar-refractivity contribution in [2.45, 2.75) is 13.3 Å². The van der Waals surface area contributed by atoms with Crippen LogP contribution < -0.4 is 18.9 Å². The second-order valence-corrected chi connectivity index (χ2v) is 8.52. The highest BCUT2D eigenvalue weighted by molar-refractivity contribution is 9.10. The maximum absolute atomic E-state index is 12.8. The molecule has 0 bridgehead atoms.